The summed E-state index contributed by atoms with van der Waals surface area (Å²) in [4.78, 5) is 12.0. The molecule has 2 rings (SSSR count). The van der Waals surface area contributed by atoms with E-state index in [-0.39, 0.29) is 5.91 Å². The van der Waals surface area contributed by atoms with Gasteiger partial charge in [0.05, 0.1) is 22.6 Å². The van der Waals surface area contributed by atoms with Gasteiger partial charge >= 0.3 is 0 Å². The van der Waals surface area contributed by atoms with Gasteiger partial charge in [-0.2, -0.15) is 5.10 Å². The van der Waals surface area contributed by atoms with E-state index in [9.17, 15) is 4.79 Å². The number of aromatic nitrogens is 2. The number of aryl methyl sites for hydroxylation is 1. The fourth-order valence-corrected chi connectivity index (χ4v) is 2.41. The Morgan fingerprint density at radius 1 is 1.56 bits per heavy atom. The maximum absolute atomic E-state index is 12.0. The Morgan fingerprint density at radius 3 is 2.83 bits per heavy atom. The standard InChI is InChI=1S/C11H10ClIN4O/c1-17-10(8(14)5-15-17)11(18)16-9-3-2-6(13)4-7(9)12/h2-5H,14H2,1H3,(H,16,18). The maximum atomic E-state index is 12.0. The van der Waals surface area contributed by atoms with Gasteiger partial charge in [0.2, 0.25) is 0 Å². The maximum Gasteiger partial charge on any atom is 0.276 e. The van der Waals surface area contributed by atoms with Gasteiger partial charge in [0.1, 0.15) is 5.69 Å². The third-order valence-corrected chi connectivity index (χ3v) is 3.35. The van der Waals surface area contributed by atoms with E-state index in [0.717, 1.165) is 3.57 Å². The molecule has 18 heavy (non-hydrogen) atoms. The average molecular weight is 377 g/mol. The molecule has 2 aromatic rings. The van der Waals surface area contributed by atoms with E-state index in [1.165, 1.54) is 10.9 Å². The number of hydrogen-bond donors (Lipinski definition) is 2. The van der Waals surface area contributed by atoms with Gasteiger partial charge in [-0.25, -0.2) is 0 Å². The zero-order valence-electron chi connectivity index (χ0n) is 9.45. The molecule has 0 aliphatic carbocycles. The number of nitrogen functional groups attached to an aromatic ring is 1. The Labute approximate surface area is 122 Å². The molecule has 1 aromatic carbocycles. The number of rotatable bonds is 2. The van der Waals surface area contributed by atoms with Crippen LogP contribution in [0.15, 0.2) is 24.4 Å². The molecule has 0 atom stereocenters. The number of hydrogen-bond acceptors (Lipinski definition) is 3. The minimum Gasteiger partial charge on any atom is -0.396 e. The predicted molar refractivity (Wildman–Crippen MR) is 79.7 cm³/mol. The predicted octanol–water partition coefficient (Wildman–Crippen LogP) is 2.51. The smallest absolute Gasteiger partial charge is 0.276 e. The lowest BCUT2D eigenvalue weighted by Gasteiger charge is -2.08. The van der Waals surface area contributed by atoms with Crippen LogP contribution in [-0.4, -0.2) is 15.7 Å². The Bertz CT molecular complexity index is 592. The van der Waals surface area contributed by atoms with Crippen molar-refractivity contribution in [2.24, 2.45) is 7.05 Å². The second-order valence-corrected chi connectivity index (χ2v) is 5.30. The number of carbonyl (C=O) groups is 1. The summed E-state index contributed by atoms with van der Waals surface area (Å²) >= 11 is 8.19. The molecule has 0 saturated heterocycles. The lowest BCUT2D eigenvalue weighted by atomic mass is 10.3. The fraction of sp³-hybridized carbons (Fsp3) is 0.0909. The van der Waals surface area contributed by atoms with Gasteiger partial charge in [-0.3, -0.25) is 9.48 Å². The SMILES string of the molecule is Cn1ncc(N)c1C(=O)Nc1ccc(I)cc1Cl. The van der Waals surface area contributed by atoms with Crippen molar-refractivity contribution in [1.82, 2.24) is 9.78 Å². The molecule has 0 saturated carbocycles. The van der Waals surface area contributed by atoms with Crippen LogP contribution in [0.1, 0.15) is 10.5 Å². The van der Waals surface area contributed by atoms with E-state index in [1.54, 1.807) is 19.2 Å². The van der Waals surface area contributed by atoms with Crippen molar-refractivity contribution >= 4 is 51.5 Å². The summed E-state index contributed by atoms with van der Waals surface area (Å²) in [7, 11) is 1.65. The van der Waals surface area contributed by atoms with Crippen LogP contribution in [0.5, 0.6) is 0 Å². The minimum absolute atomic E-state index is 0.310. The third kappa shape index (κ3) is 2.59. The molecule has 0 spiro atoms. The second kappa shape index (κ2) is 5.15. The van der Waals surface area contributed by atoms with Crippen molar-refractivity contribution in [2.75, 3.05) is 11.1 Å². The van der Waals surface area contributed by atoms with Crippen LogP contribution in [0.3, 0.4) is 0 Å². The number of nitrogens with two attached hydrogens (primary N) is 1. The topological polar surface area (TPSA) is 72.9 Å². The zero-order valence-corrected chi connectivity index (χ0v) is 12.4. The van der Waals surface area contributed by atoms with E-state index in [4.69, 9.17) is 17.3 Å². The summed E-state index contributed by atoms with van der Waals surface area (Å²) in [6, 6.07) is 5.37. The first-order chi connectivity index (χ1) is 8.49. The van der Waals surface area contributed by atoms with Crippen LogP contribution >= 0.6 is 34.2 Å². The van der Waals surface area contributed by atoms with Crippen molar-refractivity contribution in [3.63, 3.8) is 0 Å². The third-order valence-electron chi connectivity index (χ3n) is 2.36. The number of carbonyl (C=O) groups excluding carboxylic acids is 1. The highest BCUT2D eigenvalue weighted by Crippen LogP contribution is 2.24. The molecule has 1 amide bonds. The number of nitrogens with one attached hydrogen (secondary N) is 1. The first-order valence-corrected chi connectivity index (χ1v) is 6.48. The second-order valence-electron chi connectivity index (χ2n) is 3.65. The normalized spacial score (nSPS) is 10.4. The summed E-state index contributed by atoms with van der Waals surface area (Å²) in [5.74, 6) is -0.337. The molecule has 94 valence electrons. The van der Waals surface area contributed by atoms with E-state index in [0.29, 0.717) is 22.1 Å². The molecule has 0 fully saturated rings. The van der Waals surface area contributed by atoms with Crippen LogP contribution < -0.4 is 11.1 Å². The van der Waals surface area contributed by atoms with E-state index in [1.807, 2.05) is 6.07 Å². The molecule has 0 bridgehead atoms. The number of anilines is 2. The summed E-state index contributed by atoms with van der Waals surface area (Å²) in [5, 5.41) is 7.10. The molecule has 1 heterocycles. The first kappa shape index (κ1) is 13.2. The fourth-order valence-electron chi connectivity index (χ4n) is 1.50. The molecule has 0 radical (unpaired) electrons. The van der Waals surface area contributed by atoms with E-state index < -0.39 is 0 Å². The van der Waals surface area contributed by atoms with Crippen molar-refractivity contribution in [3.05, 3.63) is 38.7 Å². The van der Waals surface area contributed by atoms with Crippen molar-refractivity contribution in [2.45, 2.75) is 0 Å². The van der Waals surface area contributed by atoms with Crippen molar-refractivity contribution in [3.8, 4) is 0 Å². The van der Waals surface area contributed by atoms with Crippen molar-refractivity contribution in [1.29, 1.82) is 0 Å². The van der Waals surface area contributed by atoms with Crippen molar-refractivity contribution < 1.29 is 4.79 Å². The van der Waals surface area contributed by atoms with Gasteiger partial charge in [0.25, 0.3) is 5.91 Å². The van der Waals surface area contributed by atoms with Gasteiger partial charge in [0.15, 0.2) is 0 Å². The van der Waals surface area contributed by atoms with Crippen LogP contribution in [0.25, 0.3) is 0 Å². The highest BCUT2D eigenvalue weighted by molar-refractivity contribution is 14.1. The number of amides is 1. The number of benzene rings is 1. The van der Waals surface area contributed by atoms with Gasteiger partial charge in [0, 0.05) is 10.6 Å². The van der Waals surface area contributed by atoms with Crippen LogP contribution in [0.4, 0.5) is 11.4 Å². The molecular weight excluding hydrogens is 367 g/mol. The summed E-state index contributed by atoms with van der Waals surface area (Å²) in [6.07, 6.45) is 1.43. The van der Waals surface area contributed by atoms with E-state index >= 15 is 0 Å². The van der Waals surface area contributed by atoms with Gasteiger partial charge in [-0.15, -0.1) is 0 Å². The van der Waals surface area contributed by atoms with Gasteiger partial charge in [-0.1, -0.05) is 11.6 Å². The molecule has 1 aromatic heterocycles. The highest BCUT2D eigenvalue weighted by atomic mass is 127. The van der Waals surface area contributed by atoms with Gasteiger partial charge in [-0.05, 0) is 40.8 Å². The lowest BCUT2D eigenvalue weighted by Crippen LogP contribution is -2.17. The monoisotopic (exact) mass is 376 g/mol. The Balaban J connectivity index is 2.27. The molecular formula is C11H10ClIN4O. The summed E-state index contributed by atoms with van der Waals surface area (Å²) in [6.45, 7) is 0. The lowest BCUT2D eigenvalue weighted by molar-refractivity contribution is 0.101. The Morgan fingerprint density at radius 2 is 2.28 bits per heavy atom. The molecule has 7 heteroatoms. The minimum atomic E-state index is -0.337. The van der Waals surface area contributed by atoms with Crippen LogP contribution in [-0.2, 0) is 7.05 Å². The molecule has 0 aliphatic heterocycles. The van der Waals surface area contributed by atoms with Crippen LogP contribution in [0, 0.1) is 3.57 Å². The molecule has 3 N–H and O–H groups in total. The average Bonchev–Trinajstić information content (AvgIpc) is 2.62. The first-order valence-electron chi connectivity index (χ1n) is 5.03. The van der Waals surface area contributed by atoms with Crippen LogP contribution in [0.2, 0.25) is 5.02 Å². The number of halogens is 2. The molecule has 0 unspecified atom stereocenters. The molecule has 5 nitrogen and oxygen atoms in total. The quantitative estimate of drug-likeness (QED) is 0.791. The van der Waals surface area contributed by atoms with E-state index in [2.05, 4.69) is 33.0 Å². The molecule has 0 aliphatic rings. The summed E-state index contributed by atoms with van der Waals surface area (Å²) in [5.41, 5.74) is 6.86. The number of nitrogens with zero attached hydrogens (tertiary/aromatic N) is 2. The highest BCUT2D eigenvalue weighted by Gasteiger charge is 2.16. The van der Waals surface area contributed by atoms with Gasteiger partial charge < -0.3 is 11.1 Å². The Hall–Kier alpha value is -1.28. The largest absolute Gasteiger partial charge is 0.396 e. The summed E-state index contributed by atoms with van der Waals surface area (Å²) < 4.78 is 2.42. The zero-order chi connectivity index (χ0) is 13.3. The Kier molecular flexibility index (Phi) is 3.76.